The van der Waals surface area contributed by atoms with Gasteiger partial charge in [0.2, 0.25) is 0 Å². The van der Waals surface area contributed by atoms with Gasteiger partial charge < -0.3 is 9.47 Å². The highest BCUT2D eigenvalue weighted by atomic mass is 16.5. The summed E-state index contributed by atoms with van der Waals surface area (Å²) in [4.78, 5) is 2.56. The van der Waals surface area contributed by atoms with Gasteiger partial charge in [-0.15, -0.1) is 0 Å². The fraction of sp³-hybridized carbons (Fsp3) is 0.538. The molecule has 2 aromatic carbocycles. The average molecular weight is 396 g/mol. The standard InChI is InChI=1S/C26H37NO2/c1-5-27(20-21-11-13-24(28-4)14-12-21)17-15-25(22-9-7-6-8-10-22)23-16-18-29-26(2,3)19-23/h6-14,23,25H,5,15-20H2,1-4H3/t23-,25+/m1/s1. The number of benzene rings is 2. The Morgan fingerprint density at radius 2 is 1.83 bits per heavy atom. The van der Waals surface area contributed by atoms with Crippen molar-refractivity contribution in [3.8, 4) is 5.75 Å². The van der Waals surface area contributed by atoms with Crippen molar-refractivity contribution in [1.82, 2.24) is 4.90 Å². The van der Waals surface area contributed by atoms with Gasteiger partial charge in [-0.1, -0.05) is 49.4 Å². The van der Waals surface area contributed by atoms with E-state index in [-0.39, 0.29) is 5.60 Å². The molecular formula is C26H37NO2. The maximum Gasteiger partial charge on any atom is 0.118 e. The van der Waals surface area contributed by atoms with Gasteiger partial charge in [-0.3, -0.25) is 4.90 Å². The fourth-order valence-electron chi connectivity index (χ4n) is 4.66. The third kappa shape index (κ3) is 6.32. The minimum absolute atomic E-state index is 0.0104. The van der Waals surface area contributed by atoms with Crippen LogP contribution in [-0.2, 0) is 11.3 Å². The Balaban J connectivity index is 1.67. The quantitative estimate of drug-likeness (QED) is 0.528. The molecule has 0 aromatic heterocycles. The van der Waals surface area contributed by atoms with Crippen molar-refractivity contribution in [2.45, 2.75) is 58.1 Å². The first-order valence-corrected chi connectivity index (χ1v) is 11.0. The molecule has 2 aromatic rings. The van der Waals surface area contributed by atoms with Crippen LogP contribution in [0.15, 0.2) is 54.6 Å². The second-order valence-corrected chi connectivity index (χ2v) is 8.88. The highest BCUT2D eigenvalue weighted by Gasteiger charge is 2.34. The van der Waals surface area contributed by atoms with Gasteiger partial charge in [-0.05, 0) is 81.3 Å². The number of hydrogen-bond donors (Lipinski definition) is 0. The number of nitrogens with zero attached hydrogens (tertiary/aromatic N) is 1. The van der Waals surface area contributed by atoms with E-state index in [0.717, 1.165) is 44.8 Å². The van der Waals surface area contributed by atoms with Crippen LogP contribution in [0, 0.1) is 5.92 Å². The van der Waals surface area contributed by atoms with E-state index < -0.39 is 0 Å². The molecule has 0 saturated carbocycles. The zero-order chi connectivity index (χ0) is 20.7. The summed E-state index contributed by atoms with van der Waals surface area (Å²) >= 11 is 0. The molecule has 1 saturated heterocycles. The van der Waals surface area contributed by atoms with Gasteiger partial charge in [0.15, 0.2) is 0 Å². The molecule has 158 valence electrons. The van der Waals surface area contributed by atoms with Crippen LogP contribution in [0.3, 0.4) is 0 Å². The number of hydrogen-bond acceptors (Lipinski definition) is 3. The molecule has 1 fully saturated rings. The Morgan fingerprint density at radius 3 is 2.45 bits per heavy atom. The summed E-state index contributed by atoms with van der Waals surface area (Å²) in [5, 5.41) is 0. The maximum atomic E-state index is 6.01. The van der Waals surface area contributed by atoms with E-state index in [1.165, 1.54) is 17.5 Å². The molecule has 3 rings (SSSR count). The first-order chi connectivity index (χ1) is 14.0. The largest absolute Gasteiger partial charge is 0.497 e. The van der Waals surface area contributed by atoms with Crippen LogP contribution in [0.4, 0.5) is 0 Å². The van der Waals surface area contributed by atoms with E-state index in [1.54, 1.807) is 7.11 Å². The lowest BCUT2D eigenvalue weighted by molar-refractivity contribution is -0.0775. The first kappa shape index (κ1) is 21.9. The molecule has 0 radical (unpaired) electrons. The van der Waals surface area contributed by atoms with Crippen molar-refractivity contribution in [2.75, 3.05) is 26.8 Å². The van der Waals surface area contributed by atoms with Gasteiger partial charge in [-0.2, -0.15) is 0 Å². The fourth-order valence-corrected chi connectivity index (χ4v) is 4.66. The second kappa shape index (κ2) is 10.3. The number of rotatable bonds is 9. The minimum atomic E-state index is -0.0104. The van der Waals surface area contributed by atoms with E-state index in [2.05, 4.69) is 80.3 Å². The zero-order valence-corrected chi connectivity index (χ0v) is 18.6. The monoisotopic (exact) mass is 395 g/mol. The summed E-state index contributed by atoms with van der Waals surface area (Å²) in [5.41, 5.74) is 2.82. The maximum absolute atomic E-state index is 6.01. The van der Waals surface area contributed by atoms with E-state index in [4.69, 9.17) is 9.47 Å². The Hall–Kier alpha value is -1.84. The van der Waals surface area contributed by atoms with Crippen molar-refractivity contribution in [3.05, 3.63) is 65.7 Å². The minimum Gasteiger partial charge on any atom is -0.497 e. The van der Waals surface area contributed by atoms with Crippen molar-refractivity contribution >= 4 is 0 Å². The molecule has 0 aliphatic carbocycles. The Bertz CT molecular complexity index is 726. The van der Waals surface area contributed by atoms with E-state index >= 15 is 0 Å². The van der Waals surface area contributed by atoms with Gasteiger partial charge in [0, 0.05) is 13.2 Å². The van der Waals surface area contributed by atoms with Crippen molar-refractivity contribution < 1.29 is 9.47 Å². The molecule has 3 nitrogen and oxygen atoms in total. The molecule has 3 heteroatoms. The van der Waals surface area contributed by atoms with Crippen LogP contribution >= 0.6 is 0 Å². The van der Waals surface area contributed by atoms with Gasteiger partial charge >= 0.3 is 0 Å². The summed E-state index contributed by atoms with van der Waals surface area (Å²) in [6, 6.07) is 19.6. The predicted molar refractivity (Wildman–Crippen MR) is 121 cm³/mol. The number of ether oxygens (including phenoxy) is 2. The van der Waals surface area contributed by atoms with Crippen molar-refractivity contribution in [1.29, 1.82) is 0 Å². The highest BCUT2D eigenvalue weighted by molar-refractivity contribution is 5.27. The SMILES string of the molecule is CCN(CC[C@@H](c1ccccc1)[C@@H]1CCOC(C)(C)C1)Cc1ccc(OC)cc1. The van der Waals surface area contributed by atoms with Gasteiger partial charge in [0.25, 0.3) is 0 Å². The molecule has 29 heavy (non-hydrogen) atoms. The summed E-state index contributed by atoms with van der Waals surface area (Å²) in [6.45, 7) is 10.8. The Labute approximate surface area is 177 Å². The van der Waals surface area contributed by atoms with Crippen LogP contribution in [-0.4, -0.2) is 37.3 Å². The van der Waals surface area contributed by atoms with Crippen LogP contribution in [0.25, 0.3) is 0 Å². The average Bonchev–Trinajstić information content (AvgIpc) is 2.73. The topological polar surface area (TPSA) is 21.7 Å². The van der Waals surface area contributed by atoms with Crippen LogP contribution in [0.2, 0.25) is 0 Å². The number of methoxy groups -OCH3 is 1. The van der Waals surface area contributed by atoms with Crippen LogP contribution in [0.5, 0.6) is 5.75 Å². The van der Waals surface area contributed by atoms with Crippen molar-refractivity contribution in [2.24, 2.45) is 5.92 Å². The van der Waals surface area contributed by atoms with Gasteiger partial charge in [0.05, 0.1) is 12.7 Å². The summed E-state index contributed by atoms with van der Waals surface area (Å²) in [7, 11) is 1.72. The molecule has 0 N–H and O–H groups in total. The molecular weight excluding hydrogens is 358 g/mol. The molecule has 1 aliphatic heterocycles. The molecule has 0 spiro atoms. The predicted octanol–water partition coefficient (Wildman–Crippen LogP) is 5.90. The van der Waals surface area contributed by atoms with E-state index in [9.17, 15) is 0 Å². The third-order valence-electron chi connectivity index (χ3n) is 6.30. The lowest BCUT2D eigenvalue weighted by atomic mass is 9.75. The normalized spacial score (nSPS) is 19.8. The van der Waals surface area contributed by atoms with E-state index in [1.807, 2.05) is 0 Å². The Kier molecular flexibility index (Phi) is 7.74. The van der Waals surface area contributed by atoms with Crippen LogP contribution in [0.1, 0.15) is 57.1 Å². The molecule has 0 amide bonds. The van der Waals surface area contributed by atoms with Crippen molar-refractivity contribution in [3.63, 3.8) is 0 Å². The molecule has 1 heterocycles. The Morgan fingerprint density at radius 1 is 1.10 bits per heavy atom. The van der Waals surface area contributed by atoms with Gasteiger partial charge in [-0.25, -0.2) is 0 Å². The molecule has 0 bridgehead atoms. The van der Waals surface area contributed by atoms with Crippen LogP contribution < -0.4 is 4.74 Å². The summed E-state index contributed by atoms with van der Waals surface area (Å²) < 4.78 is 11.3. The lowest BCUT2D eigenvalue weighted by Crippen LogP contribution is -2.37. The molecule has 2 atom stereocenters. The molecule has 0 unspecified atom stereocenters. The highest BCUT2D eigenvalue weighted by Crippen LogP contribution is 2.40. The van der Waals surface area contributed by atoms with Gasteiger partial charge in [0.1, 0.15) is 5.75 Å². The lowest BCUT2D eigenvalue weighted by Gasteiger charge is -2.40. The third-order valence-corrected chi connectivity index (χ3v) is 6.30. The first-order valence-electron chi connectivity index (χ1n) is 11.0. The van der Waals surface area contributed by atoms with E-state index in [0.29, 0.717) is 11.8 Å². The zero-order valence-electron chi connectivity index (χ0n) is 18.6. The summed E-state index contributed by atoms with van der Waals surface area (Å²) in [6.07, 6.45) is 3.49. The molecule has 1 aliphatic rings. The summed E-state index contributed by atoms with van der Waals surface area (Å²) in [5.74, 6) is 2.19. The smallest absolute Gasteiger partial charge is 0.118 e. The second-order valence-electron chi connectivity index (χ2n) is 8.88.